The van der Waals surface area contributed by atoms with Crippen molar-refractivity contribution in [2.45, 2.75) is 13.2 Å². The zero-order valence-electron chi connectivity index (χ0n) is 15.8. The highest BCUT2D eigenvalue weighted by atomic mass is 16.7. The maximum atomic E-state index is 12.5. The van der Waals surface area contributed by atoms with Crippen LogP contribution >= 0.6 is 0 Å². The molecule has 29 heavy (non-hydrogen) atoms. The van der Waals surface area contributed by atoms with Crippen molar-refractivity contribution >= 4 is 11.6 Å². The Labute approximate surface area is 168 Å². The molecular weight excluding hydrogens is 370 g/mol. The molecule has 0 aliphatic heterocycles. The van der Waals surface area contributed by atoms with E-state index in [1.807, 2.05) is 12.1 Å². The molecule has 3 rings (SSSR count). The van der Waals surface area contributed by atoms with Gasteiger partial charge in [0, 0.05) is 36.9 Å². The fraction of sp³-hybridized carbons (Fsp3) is 0.143. The summed E-state index contributed by atoms with van der Waals surface area (Å²) >= 11 is 0. The number of benzene rings is 1. The van der Waals surface area contributed by atoms with Crippen LogP contribution in [0.25, 0.3) is 0 Å². The molecule has 8 heteroatoms. The van der Waals surface area contributed by atoms with Crippen molar-refractivity contribution in [2.24, 2.45) is 0 Å². The van der Waals surface area contributed by atoms with Gasteiger partial charge in [-0.3, -0.25) is 19.6 Å². The van der Waals surface area contributed by atoms with Gasteiger partial charge in [-0.15, -0.1) is 0 Å². The van der Waals surface area contributed by atoms with Gasteiger partial charge in [-0.25, -0.2) is 5.48 Å². The van der Waals surface area contributed by atoms with E-state index in [1.54, 1.807) is 42.9 Å². The van der Waals surface area contributed by atoms with Crippen LogP contribution < -0.4 is 15.5 Å². The molecule has 1 amide bonds. The third-order valence-corrected chi connectivity index (χ3v) is 4.10. The zero-order valence-corrected chi connectivity index (χ0v) is 15.8. The van der Waals surface area contributed by atoms with E-state index in [0.717, 1.165) is 5.56 Å². The summed E-state index contributed by atoms with van der Waals surface area (Å²) in [5.74, 6) is 0.130. The predicted octanol–water partition coefficient (Wildman–Crippen LogP) is 2.83. The highest BCUT2D eigenvalue weighted by molar-refractivity contribution is 5.98. The molecule has 0 radical (unpaired) electrons. The Kier molecular flexibility index (Phi) is 6.71. The van der Waals surface area contributed by atoms with Crippen molar-refractivity contribution in [3.8, 4) is 11.8 Å². The van der Waals surface area contributed by atoms with Crippen LogP contribution in [0.5, 0.6) is 5.75 Å². The molecule has 0 fully saturated rings. The van der Waals surface area contributed by atoms with Gasteiger partial charge >= 0.3 is 0 Å². The Balaban J connectivity index is 1.62. The lowest BCUT2D eigenvalue weighted by Gasteiger charge is -2.13. The predicted molar refractivity (Wildman–Crippen MR) is 106 cm³/mol. The molecule has 2 aromatic heterocycles. The standard InChI is InChI=1S/C21H19N5O3/c1-28-20-3-2-16(11-22)10-17(20)14-29-26-21(27)18-13-24-9-6-19(18)25-12-15-4-7-23-8-5-15/h2-10,13H,12,14H2,1H3,(H,24,25)(H,26,27). The summed E-state index contributed by atoms with van der Waals surface area (Å²) in [6.07, 6.45) is 6.48. The molecule has 2 N–H and O–H groups in total. The molecular formula is C21H19N5O3. The molecule has 0 bridgehead atoms. The molecule has 3 aromatic rings. The number of nitriles is 1. The summed E-state index contributed by atoms with van der Waals surface area (Å²) in [5, 5.41) is 12.2. The number of pyridine rings is 2. The first-order valence-corrected chi connectivity index (χ1v) is 8.77. The number of amides is 1. The first kappa shape index (κ1) is 19.8. The highest BCUT2D eigenvalue weighted by Crippen LogP contribution is 2.20. The van der Waals surface area contributed by atoms with E-state index in [1.165, 1.54) is 13.3 Å². The second-order valence-corrected chi connectivity index (χ2v) is 5.99. The van der Waals surface area contributed by atoms with Crippen LogP contribution in [0.2, 0.25) is 0 Å². The summed E-state index contributed by atoms with van der Waals surface area (Å²) in [4.78, 5) is 25.9. The van der Waals surface area contributed by atoms with Crippen LogP contribution in [0.15, 0.2) is 61.2 Å². The number of ether oxygens (including phenoxy) is 1. The van der Waals surface area contributed by atoms with Crippen molar-refractivity contribution in [1.82, 2.24) is 15.4 Å². The van der Waals surface area contributed by atoms with Crippen molar-refractivity contribution < 1.29 is 14.4 Å². The van der Waals surface area contributed by atoms with Gasteiger partial charge in [-0.1, -0.05) is 0 Å². The van der Waals surface area contributed by atoms with Gasteiger partial charge in [0.1, 0.15) is 12.4 Å². The number of hydrogen-bond acceptors (Lipinski definition) is 7. The topological polar surface area (TPSA) is 109 Å². The molecule has 0 spiro atoms. The molecule has 0 saturated heterocycles. The molecule has 0 atom stereocenters. The average Bonchev–Trinajstić information content (AvgIpc) is 2.78. The van der Waals surface area contributed by atoms with Crippen LogP contribution in [0.4, 0.5) is 5.69 Å². The van der Waals surface area contributed by atoms with Gasteiger partial charge in [-0.05, 0) is 42.0 Å². The number of methoxy groups -OCH3 is 1. The summed E-state index contributed by atoms with van der Waals surface area (Å²) < 4.78 is 5.25. The first-order chi connectivity index (χ1) is 14.2. The lowest BCUT2D eigenvalue weighted by molar-refractivity contribution is 0.0227. The highest BCUT2D eigenvalue weighted by Gasteiger charge is 2.13. The van der Waals surface area contributed by atoms with E-state index in [9.17, 15) is 4.79 Å². The summed E-state index contributed by atoms with van der Waals surface area (Å²) in [7, 11) is 1.53. The Morgan fingerprint density at radius 1 is 1.14 bits per heavy atom. The normalized spacial score (nSPS) is 10.1. The van der Waals surface area contributed by atoms with Crippen LogP contribution in [0.1, 0.15) is 27.0 Å². The number of carbonyl (C=O) groups excluding carboxylic acids is 1. The number of nitrogens with one attached hydrogen (secondary N) is 2. The van der Waals surface area contributed by atoms with Gasteiger partial charge in [0.05, 0.1) is 30.0 Å². The van der Waals surface area contributed by atoms with Gasteiger partial charge in [0.15, 0.2) is 0 Å². The lowest BCUT2D eigenvalue weighted by Crippen LogP contribution is -2.25. The van der Waals surface area contributed by atoms with E-state index < -0.39 is 5.91 Å². The monoisotopic (exact) mass is 389 g/mol. The molecule has 146 valence electrons. The van der Waals surface area contributed by atoms with Crippen molar-refractivity contribution in [1.29, 1.82) is 5.26 Å². The number of aromatic nitrogens is 2. The summed E-state index contributed by atoms with van der Waals surface area (Å²) in [6.45, 7) is 0.580. The van der Waals surface area contributed by atoms with E-state index in [2.05, 4.69) is 26.8 Å². The minimum absolute atomic E-state index is 0.0461. The number of nitrogens with zero attached hydrogens (tertiary/aromatic N) is 3. The Hall–Kier alpha value is -3.96. The number of rotatable bonds is 8. The van der Waals surface area contributed by atoms with Crippen molar-refractivity contribution in [2.75, 3.05) is 12.4 Å². The minimum atomic E-state index is -0.439. The van der Waals surface area contributed by atoms with Gasteiger partial charge in [0.25, 0.3) is 5.91 Å². The number of hydrogen-bond donors (Lipinski definition) is 2. The molecule has 1 aromatic carbocycles. The smallest absolute Gasteiger partial charge is 0.278 e. The Bertz CT molecular complexity index is 1020. The Morgan fingerprint density at radius 2 is 1.93 bits per heavy atom. The zero-order chi connectivity index (χ0) is 20.5. The quantitative estimate of drug-likeness (QED) is 0.570. The number of anilines is 1. The molecule has 0 saturated carbocycles. The fourth-order valence-electron chi connectivity index (χ4n) is 2.62. The maximum Gasteiger partial charge on any atom is 0.278 e. The van der Waals surface area contributed by atoms with Crippen LogP contribution in [-0.2, 0) is 18.0 Å². The SMILES string of the molecule is COc1ccc(C#N)cc1CONC(=O)c1cnccc1NCc1ccncc1. The van der Waals surface area contributed by atoms with Crippen LogP contribution in [0.3, 0.4) is 0 Å². The Morgan fingerprint density at radius 3 is 2.69 bits per heavy atom. The van der Waals surface area contributed by atoms with E-state index >= 15 is 0 Å². The van der Waals surface area contributed by atoms with Gasteiger partial charge in [-0.2, -0.15) is 5.26 Å². The summed E-state index contributed by atoms with van der Waals surface area (Å²) in [6, 6.07) is 12.5. The second kappa shape index (κ2) is 9.82. The van der Waals surface area contributed by atoms with E-state index in [0.29, 0.717) is 34.7 Å². The third kappa shape index (κ3) is 5.28. The fourth-order valence-corrected chi connectivity index (χ4v) is 2.62. The third-order valence-electron chi connectivity index (χ3n) is 4.10. The van der Waals surface area contributed by atoms with Crippen molar-refractivity contribution in [3.05, 3.63) is 83.4 Å². The molecule has 0 unspecified atom stereocenters. The van der Waals surface area contributed by atoms with Gasteiger partial charge < -0.3 is 10.1 Å². The summed E-state index contributed by atoms with van der Waals surface area (Å²) in [5.41, 5.74) is 5.54. The first-order valence-electron chi connectivity index (χ1n) is 8.77. The molecule has 0 aliphatic rings. The number of carbonyl (C=O) groups is 1. The number of hydroxylamine groups is 1. The van der Waals surface area contributed by atoms with E-state index in [4.69, 9.17) is 14.8 Å². The molecule has 8 nitrogen and oxygen atoms in total. The van der Waals surface area contributed by atoms with E-state index in [-0.39, 0.29) is 6.61 Å². The van der Waals surface area contributed by atoms with Gasteiger partial charge in [0.2, 0.25) is 0 Å². The minimum Gasteiger partial charge on any atom is -0.496 e. The lowest BCUT2D eigenvalue weighted by atomic mass is 10.1. The second-order valence-electron chi connectivity index (χ2n) is 5.99. The van der Waals surface area contributed by atoms with Crippen molar-refractivity contribution in [3.63, 3.8) is 0 Å². The molecule has 0 aliphatic carbocycles. The van der Waals surface area contributed by atoms with Crippen LogP contribution in [-0.4, -0.2) is 23.0 Å². The molecule has 2 heterocycles. The maximum absolute atomic E-state index is 12.5. The average molecular weight is 389 g/mol. The largest absolute Gasteiger partial charge is 0.496 e. The van der Waals surface area contributed by atoms with Crippen LogP contribution in [0, 0.1) is 11.3 Å².